The Morgan fingerprint density at radius 1 is 1.62 bits per heavy atom. The SMILES string of the molecule is CN(CCc1cccs1)CC1CC(O)CN1. The Balaban J connectivity index is 1.66. The molecule has 0 aliphatic carbocycles. The number of aliphatic hydroxyl groups is 1. The molecule has 0 amide bonds. The summed E-state index contributed by atoms with van der Waals surface area (Å²) >= 11 is 1.83. The van der Waals surface area contributed by atoms with Gasteiger partial charge in [0.15, 0.2) is 0 Å². The summed E-state index contributed by atoms with van der Waals surface area (Å²) in [6.07, 6.45) is 1.88. The van der Waals surface area contributed by atoms with E-state index in [-0.39, 0.29) is 6.10 Å². The van der Waals surface area contributed by atoms with Gasteiger partial charge in [-0.3, -0.25) is 0 Å². The zero-order valence-corrected chi connectivity index (χ0v) is 10.5. The second-order valence-corrected chi connectivity index (χ2v) is 5.62. The molecule has 2 unspecified atom stereocenters. The Labute approximate surface area is 101 Å². The molecule has 0 saturated carbocycles. The standard InChI is InChI=1S/C12H20N2OS/c1-14(5-4-12-3-2-6-16-12)9-10-7-11(15)8-13-10/h2-3,6,10-11,13,15H,4-5,7-9H2,1H3. The van der Waals surface area contributed by atoms with Gasteiger partial charge in [-0.1, -0.05) is 6.07 Å². The highest BCUT2D eigenvalue weighted by Crippen LogP contribution is 2.11. The molecule has 0 aromatic carbocycles. The molecular formula is C12H20N2OS. The second kappa shape index (κ2) is 5.77. The van der Waals surface area contributed by atoms with Gasteiger partial charge in [0.2, 0.25) is 0 Å². The lowest BCUT2D eigenvalue weighted by atomic mass is 10.2. The van der Waals surface area contributed by atoms with Crippen LogP contribution in [0.25, 0.3) is 0 Å². The molecule has 2 atom stereocenters. The Morgan fingerprint density at radius 2 is 2.50 bits per heavy atom. The first-order chi connectivity index (χ1) is 7.74. The summed E-state index contributed by atoms with van der Waals surface area (Å²) in [4.78, 5) is 3.79. The van der Waals surface area contributed by atoms with Crippen LogP contribution in [-0.4, -0.2) is 48.8 Å². The van der Waals surface area contributed by atoms with Gasteiger partial charge in [-0.25, -0.2) is 0 Å². The maximum atomic E-state index is 9.41. The molecule has 2 heterocycles. The van der Waals surface area contributed by atoms with E-state index in [0.717, 1.165) is 32.5 Å². The van der Waals surface area contributed by atoms with Crippen LogP contribution in [0.3, 0.4) is 0 Å². The van der Waals surface area contributed by atoms with Crippen molar-refractivity contribution in [1.29, 1.82) is 0 Å². The summed E-state index contributed by atoms with van der Waals surface area (Å²) in [6, 6.07) is 4.76. The highest BCUT2D eigenvalue weighted by Gasteiger charge is 2.22. The number of β-amino-alcohol motifs (C(OH)–C–C–N with tert-alkyl or cyclic N) is 1. The van der Waals surface area contributed by atoms with Gasteiger partial charge in [0.05, 0.1) is 6.10 Å². The average molecular weight is 240 g/mol. The lowest BCUT2D eigenvalue weighted by Crippen LogP contribution is -2.36. The number of nitrogens with zero attached hydrogens (tertiary/aromatic N) is 1. The third kappa shape index (κ3) is 3.56. The largest absolute Gasteiger partial charge is 0.392 e. The Morgan fingerprint density at radius 3 is 3.12 bits per heavy atom. The molecule has 2 rings (SSSR count). The zero-order valence-electron chi connectivity index (χ0n) is 9.72. The number of thiophene rings is 1. The van der Waals surface area contributed by atoms with E-state index in [2.05, 4.69) is 34.8 Å². The van der Waals surface area contributed by atoms with Crippen molar-refractivity contribution < 1.29 is 5.11 Å². The monoisotopic (exact) mass is 240 g/mol. The fourth-order valence-electron chi connectivity index (χ4n) is 2.16. The minimum Gasteiger partial charge on any atom is -0.392 e. The molecular weight excluding hydrogens is 220 g/mol. The van der Waals surface area contributed by atoms with Crippen LogP contribution in [0.15, 0.2) is 17.5 Å². The zero-order chi connectivity index (χ0) is 11.4. The van der Waals surface area contributed by atoms with Gasteiger partial charge in [-0.05, 0) is 31.3 Å². The maximum absolute atomic E-state index is 9.41. The van der Waals surface area contributed by atoms with Crippen molar-refractivity contribution in [2.75, 3.05) is 26.7 Å². The molecule has 1 aliphatic rings. The quantitative estimate of drug-likeness (QED) is 0.804. The van der Waals surface area contributed by atoms with Gasteiger partial charge >= 0.3 is 0 Å². The van der Waals surface area contributed by atoms with Crippen molar-refractivity contribution in [3.63, 3.8) is 0 Å². The number of hydrogen-bond acceptors (Lipinski definition) is 4. The van der Waals surface area contributed by atoms with E-state index in [1.807, 2.05) is 11.3 Å². The van der Waals surface area contributed by atoms with E-state index in [1.54, 1.807) is 0 Å². The van der Waals surface area contributed by atoms with Gasteiger partial charge in [0.25, 0.3) is 0 Å². The van der Waals surface area contributed by atoms with Crippen LogP contribution in [0.1, 0.15) is 11.3 Å². The first-order valence-electron chi connectivity index (χ1n) is 5.86. The van der Waals surface area contributed by atoms with Gasteiger partial charge in [0.1, 0.15) is 0 Å². The number of nitrogens with one attached hydrogen (secondary N) is 1. The van der Waals surface area contributed by atoms with E-state index in [1.165, 1.54) is 4.88 Å². The molecule has 0 bridgehead atoms. The molecule has 16 heavy (non-hydrogen) atoms. The predicted octanol–water partition coefficient (Wildman–Crippen LogP) is 0.945. The molecule has 1 aromatic heterocycles. The van der Waals surface area contributed by atoms with Crippen molar-refractivity contribution in [3.05, 3.63) is 22.4 Å². The number of hydrogen-bond donors (Lipinski definition) is 2. The average Bonchev–Trinajstić information content (AvgIpc) is 2.87. The molecule has 0 spiro atoms. The minimum absolute atomic E-state index is 0.143. The smallest absolute Gasteiger partial charge is 0.0680 e. The van der Waals surface area contributed by atoms with Crippen LogP contribution < -0.4 is 5.32 Å². The van der Waals surface area contributed by atoms with Crippen molar-refractivity contribution in [2.24, 2.45) is 0 Å². The van der Waals surface area contributed by atoms with Gasteiger partial charge < -0.3 is 15.3 Å². The summed E-state index contributed by atoms with van der Waals surface area (Å²) in [5, 5.41) is 14.9. The molecule has 1 aliphatic heterocycles. The number of likely N-dealkylation sites (N-methyl/N-ethyl adjacent to an activating group) is 1. The third-order valence-corrected chi connectivity index (χ3v) is 3.99. The highest BCUT2D eigenvalue weighted by atomic mass is 32.1. The van der Waals surface area contributed by atoms with Crippen molar-refractivity contribution in [2.45, 2.75) is 25.0 Å². The van der Waals surface area contributed by atoms with Crippen molar-refractivity contribution in [3.8, 4) is 0 Å². The Kier molecular flexibility index (Phi) is 4.35. The molecule has 1 fully saturated rings. The maximum Gasteiger partial charge on any atom is 0.0680 e. The molecule has 4 heteroatoms. The number of aliphatic hydroxyl groups excluding tert-OH is 1. The lowest BCUT2D eigenvalue weighted by molar-refractivity contribution is 0.189. The van der Waals surface area contributed by atoms with Crippen LogP contribution in [0.2, 0.25) is 0 Å². The van der Waals surface area contributed by atoms with E-state index >= 15 is 0 Å². The van der Waals surface area contributed by atoms with Crippen molar-refractivity contribution >= 4 is 11.3 Å². The summed E-state index contributed by atoms with van der Waals surface area (Å²) in [6.45, 7) is 2.88. The van der Waals surface area contributed by atoms with Gasteiger partial charge in [-0.15, -0.1) is 11.3 Å². The Bertz CT molecular complexity index is 302. The molecule has 0 radical (unpaired) electrons. The number of rotatable bonds is 5. The van der Waals surface area contributed by atoms with Crippen LogP contribution in [0, 0.1) is 0 Å². The fraction of sp³-hybridized carbons (Fsp3) is 0.667. The molecule has 3 nitrogen and oxygen atoms in total. The molecule has 1 saturated heterocycles. The van der Waals surface area contributed by atoms with Crippen LogP contribution in [0.5, 0.6) is 0 Å². The fourth-order valence-corrected chi connectivity index (χ4v) is 2.86. The van der Waals surface area contributed by atoms with E-state index in [0.29, 0.717) is 6.04 Å². The topological polar surface area (TPSA) is 35.5 Å². The summed E-state index contributed by atoms with van der Waals surface area (Å²) in [7, 11) is 2.15. The summed E-state index contributed by atoms with van der Waals surface area (Å²) < 4.78 is 0. The van der Waals surface area contributed by atoms with E-state index in [4.69, 9.17) is 0 Å². The minimum atomic E-state index is -0.143. The van der Waals surface area contributed by atoms with Crippen LogP contribution >= 0.6 is 11.3 Å². The van der Waals surface area contributed by atoms with Crippen LogP contribution in [0.4, 0.5) is 0 Å². The normalized spacial score (nSPS) is 25.4. The molecule has 2 N–H and O–H groups in total. The van der Waals surface area contributed by atoms with Crippen LogP contribution in [-0.2, 0) is 6.42 Å². The first-order valence-corrected chi connectivity index (χ1v) is 6.74. The summed E-state index contributed by atoms with van der Waals surface area (Å²) in [5.41, 5.74) is 0. The first kappa shape index (κ1) is 12.0. The lowest BCUT2D eigenvalue weighted by Gasteiger charge is -2.20. The third-order valence-electron chi connectivity index (χ3n) is 3.05. The van der Waals surface area contributed by atoms with E-state index < -0.39 is 0 Å². The molecule has 90 valence electrons. The van der Waals surface area contributed by atoms with Gasteiger partial charge in [0, 0.05) is 30.6 Å². The van der Waals surface area contributed by atoms with Gasteiger partial charge in [-0.2, -0.15) is 0 Å². The predicted molar refractivity (Wildman–Crippen MR) is 67.9 cm³/mol. The Hall–Kier alpha value is -0.420. The van der Waals surface area contributed by atoms with Crippen molar-refractivity contribution in [1.82, 2.24) is 10.2 Å². The summed E-state index contributed by atoms with van der Waals surface area (Å²) in [5.74, 6) is 0. The molecule has 1 aromatic rings. The highest BCUT2D eigenvalue weighted by molar-refractivity contribution is 7.09. The second-order valence-electron chi connectivity index (χ2n) is 4.59. The van der Waals surface area contributed by atoms with E-state index in [9.17, 15) is 5.11 Å².